The molecule has 1 rings (SSSR count). The van der Waals surface area contributed by atoms with Crippen molar-refractivity contribution in [2.45, 2.75) is 6.10 Å². The molecule has 1 aromatic heterocycles. The third kappa shape index (κ3) is 2.40. The first-order valence-corrected chi connectivity index (χ1v) is 3.94. The molecule has 4 heteroatoms. The first kappa shape index (κ1) is 9.95. The van der Waals surface area contributed by atoms with Crippen LogP contribution in [0.25, 0.3) is 0 Å². The van der Waals surface area contributed by atoms with Crippen molar-refractivity contribution in [3.63, 3.8) is 0 Å². The van der Waals surface area contributed by atoms with E-state index in [0.29, 0.717) is 11.3 Å². The van der Waals surface area contributed by atoms with E-state index in [1.54, 1.807) is 25.6 Å². The average Bonchev–Trinajstić information content (AvgIpc) is 2.18. The van der Waals surface area contributed by atoms with Crippen molar-refractivity contribution in [2.75, 3.05) is 20.8 Å². The van der Waals surface area contributed by atoms with E-state index in [-0.39, 0.29) is 6.61 Å². The van der Waals surface area contributed by atoms with Gasteiger partial charge in [-0.15, -0.1) is 0 Å². The molecule has 13 heavy (non-hydrogen) atoms. The Hall–Kier alpha value is -1.13. The van der Waals surface area contributed by atoms with Crippen LogP contribution in [0.4, 0.5) is 0 Å². The van der Waals surface area contributed by atoms with Gasteiger partial charge in [-0.25, -0.2) is 0 Å². The molecule has 0 spiro atoms. The van der Waals surface area contributed by atoms with Crippen LogP contribution >= 0.6 is 0 Å². The highest BCUT2D eigenvalue weighted by Crippen LogP contribution is 2.23. The number of methoxy groups -OCH3 is 2. The molecule has 0 aliphatic rings. The molecule has 1 aromatic rings. The molecule has 0 bridgehead atoms. The van der Waals surface area contributed by atoms with Gasteiger partial charge in [0, 0.05) is 18.9 Å². The first-order valence-electron chi connectivity index (χ1n) is 3.94. The molecule has 1 unspecified atom stereocenters. The number of hydrogen-bond donors (Lipinski definition) is 1. The second-order valence-electron chi connectivity index (χ2n) is 2.59. The Morgan fingerprint density at radius 1 is 1.54 bits per heavy atom. The summed E-state index contributed by atoms with van der Waals surface area (Å²) in [4.78, 5) is 3.88. The van der Waals surface area contributed by atoms with E-state index < -0.39 is 6.10 Å². The Kier molecular flexibility index (Phi) is 3.67. The molecule has 0 fully saturated rings. The van der Waals surface area contributed by atoms with Gasteiger partial charge >= 0.3 is 0 Å². The van der Waals surface area contributed by atoms with E-state index in [9.17, 15) is 5.11 Å². The van der Waals surface area contributed by atoms with Crippen molar-refractivity contribution < 1.29 is 14.6 Å². The van der Waals surface area contributed by atoms with E-state index in [1.807, 2.05) is 0 Å². The Bertz CT molecular complexity index is 265. The third-order valence-corrected chi connectivity index (χ3v) is 1.72. The zero-order valence-electron chi connectivity index (χ0n) is 7.73. The van der Waals surface area contributed by atoms with Gasteiger partial charge in [0.25, 0.3) is 0 Å². The molecular weight excluding hydrogens is 170 g/mol. The maximum atomic E-state index is 9.60. The topological polar surface area (TPSA) is 51.6 Å². The summed E-state index contributed by atoms with van der Waals surface area (Å²) in [5.74, 6) is 0.576. The fraction of sp³-hybridized carbons (Fsp3) is 0.444. The predicted octanol–water partition coefficient (Wildman–Crippen LogP) is 0.770. The summed E-state index contributed by atoms with van der Waals surface area (Å²) < 4.78 is 9.87. The van der Waals surface area contributed by atoms with Crippen LogP contribution in [0.2, 0.25) is 0 Å². The lowest BCUT2D eigenvalue weighted by molar-refractivity contribution is 0.0627. The number of aromatic nitrogens is 1. The molecule has 0 aliphatic carbocycles. The van der Waals surface area contributed by atoms with Crippen molar-refractivity contribution in [1.29, 1.82) is 0 Å². The fourth-order valence-electron chi connectivity index (χ4n) is 1.08. The highest BCUT2D eigenvalue weighted by atomic mass is 16.5. The molecule has 4 nitrogen and oxygen atoms in total. The maximum Gasteiger partial charge on any atom is 0.143 e. The summed E-state index contributed by atoms with van der Waals surface area (Å²) >= 11 is 0. The number of hydrogen-bond acceptors (Lipinski definition) is 4. The molecule has 1 atom stereocenters. The van der Waals surface area contributed by atoms with Gasteiger partial charge < -0.3 is 14.6 Å². The normalized spacial score (nSPS) is 12.5. The van der Waals surface area contributed by atoms with Gasteiger partial charge in [-0.2, -0.15) is 0 Å². The summed E-state index contributed by atoms with van der Waals surface area (Å²) in [6, 6.07) is 1.71. The van der Waals surface area contributed by atoms with Gasteiger partial charge in [0.2, 0.25) is 0 Å². The summed E-state index contributed by atoms with van der Waals surface area (Å²) in [7, 11) is 3.08. The number of ether oxygens (including phenoxy) is 2. The molecule has 0 aliphatic heterocycles. The van der Waals surface area contributed by atoms with E-state index in [0.717, 1.165) is 0 Å². The van der Waals surface area contributed by atoms with Gasteiger partial charge in [-0.1, -0.05) is 0 Å². The van der Waals surface area contributed by atoms with E-state index >= 15 is 0 Å². The Morgan fingerprint density at radius 2 is 2.31 bits per heavy atom. The van der Waals surface area contributed by atoms with Crippen LogP contribution in [-0.4, -0.2) is 30.9 Å². The minimum Gasteiger partial charge on any atom is -0.495 e. The lowest BCUT2D eigenvalue weighted by atomic mass is 10.1. The fourth-order valence-corrected chi connectivity index (χ4v) is 1.08. The number of pyridine rings is 1. The number of aliphatic hydroxyl groups is 1. The maximum absolute atomic E-state index is 9.60. The van der Waals surface area contributed by atoms with E-state index in [1.165, 1.54) is 7.11 Å². The Morgan fingerprint density at radius 3 is 2.92 bits per heavy atom. The number of nitrogens with zero attached hydrogens (tertiary/aromatic N) is 1. The van der Waals surface area contributed by atoms with Gasteiger partial charge in [0.1, 0.15) is 11.9 Å². The van der Waals surface area contributed by atoms with Gasteiger partial charge in [0.05, 0.1) is 19.9 Å². The quantitative estimate of drug-likeness (QED) is 0.749. The smallest absolute Gasteiger partial charge is 0.143 e. The summed E-state index contributed by atoms with van der Waals surface area (Å²) in [5.41, 5.74) is 0.694. The molecule has 0 radical (unpaired) electrons. The highest BCUT2D eigenvalue weighted by molar-refractivity contribution is 5.31. The largest absolute Gasteiger partial charge is 0.495 e. The zero-order valence-corrected chi connectivity index (χ0v) is 7.73. The minimum absolute atomic E-state index is 0.250. The Balaban J connectivity index is 2.85. The summed E-state index contributed by atoms with van der Waals surface area (Å²) in [6.07, 6.45) is 2.51. The van der Waals surface area contributed by atoms with Crippen LogP contribution in [0.1, 0.15) is 11.7 Å². The van der Waals surface area contributed by atoms with Crippen LogP contribution in [0.5, 0.6) is 5.75 Å². The lowest BCUT2D eigenvalue weighted by Gasteiger charge is -2.12. The van der Waals surface area contributed by atoms with Crippen molar-refractivity contribution >= 4 is 0 Å². The standard InChI is InChI=1S/C9H13NO3/c1-12-6-8(11)7-3-4-10-5-9(7)13-2/h3-5,8,11H,6H2,1-2H3. The SMILES string of the molecule is COCC(O)c1ccncc1OC. The molecule has 0 saturated carbocycles. The zero-order chi connectivity index (χ0) is 9.68. The minimum atomic E-state index is -0.664. The molecule has 72 valence electrons. The van der Waals surface area contributed by atoms with Crippen LogP contribution < -0.4 is 4.74 Å². The monoisotopic (exact) mass is 183 g/mol. The van der Waals surface area contributed by atoms with Crippen LogP contribution in [0.3, 0.4) is 0 Å². The van der Waals surface area contributed by atoms with Crippen molar-refractivity contribution in [1.82, 2.24) is 4.98 Å². The summed E-state index contributed by atoms with van der Waals surface area (Å²) in [5, 5.41) is 9.60. The first-order chi connectivity index (χ1) is 6.29. The molecule has 1 N–H and O–H groups in total. The van der Waals surface area contributed by atoms with Gasteiger partial charge in [-0.05, 0) is 6.07 Å². The van der Waals surface area contributed by atoms with E-state index in [4.69, 9.17) is 9.47 Å². The molecule has 0 aromatic carbocycles. The van der Waals surface area contributed by atoms with Crippen LogP contribution in [0, 0.1) is 0 Å². The highest BCUT2D eigenvalue weighted by Gasteiger charge is 2.11. The van der Waals surface area contributed by atoms with Crippen molar-refractivity contribution in [3.8, 4) is 5.75 Å². The number of aliphatic hydroxyl groups excluding tert-OH is 1. The Labute approximate surface area is 77.1 Å². The number of rotatable bonds is 4. The van der Waals surface area contributed by atoms with Crippen molar-refractivity contribution in [3.05, 3.63) is 24.0 Å². The molecular formula is C9H13NO3. The molecule has 1 heterocycles. The molecule has 0 saturated heterocycles. The van der Waals surface area contributed by atoms with E-state index in [2.05, 4.69) is 4.98 Å². The predicted molar refractivity (Wildman–Crippen MR) is 47.6 cm³/mol. The van der Waals surface area contributed by atoms with Crippen LogP contribution in [0.15, 0.2) is 18.5 Å². The molecule has 0 amide bonds. The van der Waals surface area contributed by atoms with Gasteiger partial charge in [-0.3, -0.25) is 4.98 Å². The third-order valence-electron chi connectivity index (χ3n) is 1.72. The second-order valence-corrected chi connectivity index (χ2v) is 2.59. The lowest BCUT2D eigenvalue weighted by Crippen LogP contribution is -2.06. The summed E-state index contributed by atoms with van der Waals surface area (Å²) in [6.45, 7) is 0.250. The average molecular weight is 183 g/mol. The van der Waals surface area contributed by atoms with Gasteiger partial charge in [0.15, 0.2) is 0 Å². The van der Waals surface area contributed by atoms with Crippen molar-refractivity contribution in [2.24, 2.45) is 0 Å². The van der Waals surface area contributed by atoms with Crippen LogP contribution in [-0.2, 0) is 4.74 Å². The second kappa shape index (κ2) is 4.79.